The van der Waals surface area contributed by atoms with Crippen LogP contribution in [-0.4, -0.2) is 30.5 Å². The number of phenols is 2. The van der Waals surface area contributed by atoms with E-state index in [-0.39, 0.29) is 17.0 Å². The molecule has 2 N–H and O–H groups in total. The Kier molecular flexibility index (Phi) is 2.13. The van der Waals surface area contributed by atoms with Crippen molar-refractivity contribution in [2.45, 2.75) is 5.54 Å². The van der Waals surface area contributed by atoms with Crippen molar-refractivity contribution >= 4 is 5.69 Å². The summed E-state index contributed by atoms with van der Waals surface area (Å²) in [5.74, 6) is 0.527. The van der Waals surface area contributed by atoms with Gasteiger partial charge in [0, 0.05) is 24.4 Å². The summed E-state index contributed by atoms with van der Waals surface area (Å²) in [4.78, 5) is 2.15. The molecule has 0 atom stereocenters. The molecule has 2 heterocycles. The Bertz CT molecular complexity index is 707. The molecular formula is C16H15NO3. The van der Waals surface area contributed by atoms with E-state index in [1.165, 1.54) is 0 Å². The maximum atomic E-state index is 9.82. The van der Waals surface area contributed by atoms with Crippen LogP contribution in [-0.2, 0) is 10.3 Å². The van der Waals surface area contributed by atoms with Gasteiger partial charge in [0.05, 0.1) is 13.2 Å². The number of aromatic hydroxyl groups is 2. The third kappa shape index (κ3) is 1.29. The van der Waals surface area contributed by atoms with Crippen LogP contribution >= 0.6 is 0 Å². The van der Waals surface area contributed by atoms with Crippen LogP contribution in [0.3, 0.4) is 0 Å². The Morgan fingerprint density at radius 3 is 2.30 bits per heavy atom. The maximum absolute atomic E-state index is 9.82. The number of nitrogens with zero attached hydrogens (tertiary/aromatic N) is 1. The van der Waals surface area contributed by atoms with Crippen LogP contribution in [0.2, 0.25) is 0 Å². The molecule has 4 heteroatoms. The maximum Gasteiger partial charge on any atom is 0.117 e. The van der Waals surface area contributed by atoms with Gasteiger partial charge in [-0.2, -0.15) is 0 Å². The highest BCUT2D eigenvalue weighted by atomic mass is 16.5. The SMILES string of the molecule is CN1c2cc(O)ccc2-c2ccc(O)cc2C12COC2. The lowest BCUT2D eigenvalue weighted by Gasteiger charge is -2.53. The normalized spacial score (nSPS) is 18.4. The summed E-state index contributed by atoms with van der Waals surface area (Å²) in [5, 5.41) is 19.6. The molecule has 2 aliphatic rings. The minimum atomic E-state index is -0.241. The molecule has 0 radical (unpaired) electrons. The summed E-state index contributed by atoms with van der Waals surface area (Å²) >= 11 is 0. The third-order valence-electron chi connectivity index (χ3n) is 4.46. The van der Waals surface area contributed by atoms with Crippen molar-refractivity contribution in [3.8, 4) is 22.6 Å². The molecule has 2 aromatic carbocycles. The van der Waals surface area contributed by atoms with Crippen molar-refractivity contribution in [3.63, 3.8) is 0 Å². The molecule has 4 nitrogen and oxygen atoms in total. The molecule has 102 valence electrons. The van der Waals surface area contributed by atoms with Crippen molar-refractivity contribution in [1.29, 1.82) is 0 Å². The molecule has 0 amide bonds. The smallest absolute Gasteiger partial charge is 0.117 e. The Labute approximate surface area is 116 Å². The number of fused-ring (bicyclic) bond motifs is 4. The Hall–Kier alpha value is -2.20. The van der Waals surface area contributed by atoms with Crippen molar-refractivity contribution in [3.05, 3.63) is 42.0 Å². The zero-order valence-electron chi connectivity index (χ0n) is 11.1. The molecule has 0 aromatic heterocycles. The van der Waals surface area contributed by atoms with Gasteiger partial charge in [-0.15, -0.1) is 0 Å². The monoisotopic (exact) mass is 269 g/mol. The highest BCUT2D eigenvalue weighted by molar-refractivity contribution is 5.87. The Balaban J connectivity index is 2.05. The van der Waals surface area contributed by atoms with E-state index in [2.05, 4.69) is 4.90 Å². The number of hydrogen-bond donors (Lipinski definition) is 2. The standard InChI is InChI=1S/C16H15NO3/c1-17-15-7-11(19)3-5-13(15)12-4-2-10(18)6-14(12)16(17)8-20-9-16/h2-7,18-19H,8-9H2,1H3. The fourth-order valence-corrected chi connectivity index (χ4v) is 3.23. The molecule has 1 fully saturated rings. The summed E-state index contributed by atoms with van der Waals surface area (Å²) in [5.41, 5.74) is 4.00. The van der Waals surface area contributed by atoms with Crippen LogP contribution < -0.4 is 4.90 Å². The second-order valence-electron chi connectivity index (χ2n) is 5.51. The van der Waals surface area contributed by atoms with E-state index in [4.69, 9.17) is 4.74 Å². The van der Waals surface area contributed by atoms with Gasteiger partial charge in [-0.05, 0) is 35.4 Å². The zero-order chi connectivity index (χ0) is 13.9. The zero-order valence-corrected chi connectivity index (χ0v) is 11.1. The highest BCUT2D eigenvalue weighted by Crippen LogP contribution is 2.51. The van der Waals surface area contributed by atoms with Crippen molar-refractivity contribution < 1.29 is 14.9 Å². The van der Waals surface area contributed by atoms with Crippen molar-refractivity contribution in [1.82, 2.24) is 0 Å². The number of hydrogen-bond acceptors (Lipinski definition) is 4. The number of rotatable bonds is 0. The summed E-state index contributed by atoms with van der Waals surface area (Å²) in [7, 11) is 2.01. The predicted octanol–water partition coefficient (Wildman–Crippen LogP) is 2.44. The van der Waals surface area contributed by atoms with Gasteiger partial charge in [0.25, 0.3) is 0 Å². The number of anilines is 1. The molecule has 0 unspecified atom stereocenters. The van der Waals surface area contributed by atoms with E-state index in [0.717, 1.165) is 22.4 Å². The second-order valence-corrected chi connectivity index (χ2v) is 5.51. The van der Waals surface area contributed by atoms with Gasteiger partial charge in [-0.1, -0.05) is 6.07 Å². The molecule has 1 saturated heterocycles. The van der Waals surface area contributed by atoms with E-state index >= 15 is 0 Å². The predicted molar refractivity (Wildman–Crippen MR) is 76.1 cm³/mol. The van der Waals surface area contributed by atoms with Gasteiger partial charge in [-0.25, -0.2) is 0 Å². The highest BCUT2D eigenvalue weighted by Gasteiger charge is 2.49. The minimum absolute atomic E-state index is 0.241. The molecule has 0 bridgehead atoms. The molecule has 2 aromatic rings. The summed E-state index contributed by atoms with van der Waals surface area (Å²) in [6.45, 7) is 1.18. The van der Waals surface area contributed by atoms with Crippen LogP contribution in [0.4, 0.5) is 5.69 Å². The Morgan fingerprint density at radius 1 is 1.00 bits per heavy atom. The molecule has 4 rings (SSSR count). The molecule has 0 saturated carbocycles. The van der Waals surface area contributed by atoms with Gasteiger partial charge in [-0.3, -0.25) is 0 Å². The van der Waals surface area contributed by atoms with E-state index in [1.807, 2.05) is 25.2 Å². The summed E-state index contributed by atoms with van der Waals surface area (Å²) in [6.07, 6.45) is 0. The van der Waals surface area contributed by atoms with Crippen LogP contribution in [0.5, 0.6) is 11.5 Å². The van der Waals surface area contributed by atoms with Gasteiger partial charge in [0.1, 0.15) is 17.0 Å². The first-order chi connectivity index (χ1) is 9.62. The fourth-order valence-electron chi connectivity index (χ4n) is 3.23. The molecule has 20 heavy (non-hydrogen) atoms. The fraction of sp³-hybridized carbons (Fsp3) is 0.250. The lowest BCUT2D eigenvalue weighted by molar-refractivity contribution is -0.0595. The number of ether oxygens (including phenoxy) is 1. The van der Waals surface area contributed by atoms with Gasteiger partial charge >= 0.3 is 0 Å². The number of phenolic OH excluding ortho intramolecular Hbond substituents is 2. The van der Waals surface area contributed by atoms with E-state index in [9.17, 15) is 10.2 Å². The van der Waals surface area contributed by atoms with Gasteiger partial charge in [0.2, 0.25) is 0 Å². The van der Waals surface area contributed by atoms with Crippen LogP contribution in [0.25, 0.3) is 11.1 Å². The van der Waals surface area contributed by atoms with Crippen molar-refractivity contribution in [2.24, 2.45) is 0 Å². The van der Waals surface area contributed by atoms with Crippen LogP contribution in [0.15, 0.2) is 36.4 Å². The largest absolute Gasteiger partial charge is 0.508 e. The van der Waals surface area contributed by atoms with Crippen LogP contribution in [0.1, 0.15) is 5.56 Å². The summed E-state index contributed by atoms with van der Waals surface area (Å²) < 4.78 is 5.44. The average Bonchev–Trinajstić information content (AvgIpc) is 2.37. The minimum Gasteiger partial charge on any atom is -0.508 e. The average molecular weight is 269 g/mol. The summed E-state index contributed by atoms with van der Waals surface area (Å²) in [6, 6.07) is 10.9. The van der Waals surface area contributed by atoms with Gasteiger partial charge in [0.15, 0.2) is 0 Å². The first-order valence-corrected chi connectivity index (χ1v) is 6.60. The lowest BCUT2D eigenvalue weighted by atomic mass is 9.77. The molecule has 2 aliphatic heterocycles. The first-order valence-electron chi connectivity index (χ1n) is 6.60. The van der Waals surface area contributed by atoms with E-state index in [1.54, 1.807) is 18.2 Å². The lowest BCUT2D eigenvalue weighted by Crippen LogP contribution is -2.59. The first kappa shape index (κ1) is 11.6. The topological polar surface area (TPSA) is 52.9 Å². The number of likely N-dealkylation sites (N-methyl/N-ethyl adjacent to an activating group) is 1. The molecular weight excluding hydrogens is 254 g/mol. The molecule has 0 aliphatic carbocycles. The quantitative estimate of drug-likeness (QED) is 0.771. The van der Waals surface area contributed by atoms with E-state index < -0.39 is 0 Å². The molecule has 1 spiro atoms. The second kappa shape index (κ2) is 3.67. The third-order valence-corrected chi connectivity index (χ3v) is 4.46. The van der Waals surface area contributed by atoms with Gasteiger partial charge < -0.3 is 19.8 Å². The Morgan fingerprint density at radius 2 is 1.65 bits per heavy atom. The van der Waals surface area contributed by atoms with Crippen molar-refractivity contribution in [2.75, 3.05) is 25.2 Å². The van der Waals surface area contributed by atoms with E-state index in [0.29, 0.717) is 13.2 Å². The van der Waals surface area contributed by atoms with Crippen LogP contribution in [0, 0.1) is 0 Å². The number of benzene rings is 2.